The van der Waals surface area contributed by atoms with Crippen LogP contribution in [0.1, 0.15) is 22.2 Å². The summed E-state index contributed by atoms with van der Waals surface area (Å²) in [6.45, 7) is 1.47. The Kier molecular flexibility index (Phi) is 7.10. The molecule has 4 aromatic rings. The summed E-state index contributed by atoms with van der Waals surface area (Å²) in [6.07, 6.45) is 0.694. The molecule has 7 nitrogen and oxygen atoms in total. The van der Waals surface area contributed by atoms with Crippen molar-refractivity contribution in [2.45, 2.75) is 17.4 Å². The number of rotatable bonds is 9. The Balaban J connectivity index is 1.35. The van der Waals surface area contributed by atoms with Crippen LogP contribution < -0.4 is 21.1 Å². The van der Waals surface area contributed by atoms with Crippen LogP contribution >= 0.6 is 23.3 Å². The standard InChI is InChI=1S/C26H26N6OS2/c27-24(28)17-6-3-5-16(11-17)12-22(26-31-21-9-1-2-10-23(21)34-26)32-35-20-8-4-7-19(13-20)30-25(33)18-14-29-15-18/h1-11,13,18,22,29,32H,12,14-15H2,(H3,27,28)(H,30,33). The van der Waals surface area contributed by atoms with Crippen molar-refractivity contribution in [3.8, 4) is 0 Å². The van der Waals surface area contributed by atoms with E-state index in [1.54, 1.807) is 11.3 Å². The molecule has 1 fully saturated rings. The van der Waals surface area contributed by atoms with E-state index >= 15 is 0 Å². The number of carbonyl (C=O) groups excluding carboxylic acids is 1. The topological polar surface area (TPSA) is 116 Å². The fourth-order valence-electron chi connectivity index (χ4n) is 3.81. The number of nitrogens with two attached hydrogens (primary N) is 1. The molecule has 1 atom stereocenters. The molecule has 1 unspecified atom stereocenters. The Morgan fingerprint density at radius 3 is 2.74 bits per heavy atom. The van der Waals surface area contributed by atoms with Crippen molar-refractivity contribution in [3.05, 3.63) is 88.9 Å². The first-order valence-electron chi connectivity index (χ1n) is 11.4. The lowest BCUT2D eigenvalue weighted by molar-refractivity contribution is -0.121. The van der Waals surface area contributed by atoms with Crippen LogP contribution in [0.5, 0.6) is 0 Å². The number of thiazole rings is 1. The van der Waals surface area contributed by atoms with Gasteiger partial charge < -0.3 is 16.4 Å². The molecule has 6 N–H and O–H groups in total. The fourth-order valence-corrected chi connectivity index (χ4v) is 5.71. The predicted octanol–water partition coefficient (Wildman–Crippen LogP) is 4.32. The minimum atomic E-state index is -0.0566. The van der Waals surface area contributed by atoms with E-state index in [9.17, 15) is 4.79 Å². The van der Waals surface area contributed by atoms with Gasteiger partial charge in [0.15, 0.2) is 0 Å². The van der Waals surface area contributed by atoms with Crippen molar-refractivity contribution < 1.29 is 4.79 Å². The molecule has 0 bridgehead atoms. The molecule has 0 saturated carbocycles. The fraction of sp³-hybridized carbons (Fsp3) is 0.192. The molecule has 1 amide bonds. The van der Waals surface area contributed by atoms with Gasteiger partial charge in [-0.25, -0.2) is 9.71 Å². The molecular weight excluding hydrogens is 476 g/mol. The second-order valence-corrected chi connectivity index (χ2v) is 10.5. The van der Waals surface area contributed by atoms with Gasteiger partial charge in [0.25, 0.3) is 0 Å². The maximum Gasteiger partial charge on any atom is 0.230 e. The third-order valence-electron chi connectivity index (χ3n) is 5.86. The first kappa shape index (κ1) is 23.5. The van der Waals surface area contributed by atoms with E-state index in [-0.39, 0.29) is 23.7 Å². The van der Waals surface area contributed by atoms with E-state index < -0.39 is 0 Å². The van der Waals surface area contributed by atoms with E-state index in [0.717, 1.165) is 44.5 Å². The van der Waals surface area contributed by atoms with Crippen LogP contribution in [0.3, 0.4) is 0 Å². The van der Waals surface area contributed by atoms with Crippen LogP contribution in [-0.4, -0.2) is 29.8 Å². The van der Waals surface area contributed by atoms with Gasteiger partial charge in [0.1, 0.15) is 10.8 Å². The number of anilines is 1. The highest BCUT2D eigenvalue weighted by molar-refractivity contribution is 7.97. The Morgan fingerprint density at radius 1 is 1.14 bits per heavy atom. The van der Waals surface area contributed by atoms with Gasteiger partial charge in [-0.2, -0.15) is 0 Å². The first-order valence-corrected chi connectivity index (χ1v) is 13.0. The van der Waals surface area contributed by atoms with Crippen LogP contribution in [0.4, 0.5) is 5.69 Å². The molecule has 35 heavy (non-hydrogen) atoms. The van der Waals surface area contributed by atoms with Crippen LogP contribution in [0.15, 0.2) is 77.7 Å². The molecule has 3 aromatic carbocycles. The Bertz CT molecular complexity index is 1330. The van der Waals surface area contributed by atoms with Gasteiger partial charge in [0.2, 0.25) is 5.91 Å². The highest BCUT2D eigenvalue weighted by Gasteiger charge is 2.25. The molecule has 0 radical (unpaired) electrons. The zero-order valence-corrected chi connectivity index (χ0v) is 20.6. The summed E-state index contributed by atoms with van der Waals surface area (Å²) in [5.41, 5.74) is 9.27. The zero-order chi connectivity index (χ0) is 24.2. The summed E-state index contributed by atoms with van der Waals surface area (Å²) in [5.74, 6) is 0.150. The number of amidine groups is 1. The van der Waals surface area contributed by atoms with E-state index in [1.165, 1.54) is 11.9 Å². The van der Waals surface area contributed by atoms with Crippen LogP contribution in [-0.2, 0) is 11.2 Å². The molecule has 5 rings (SSSR count). The summed E-state index contributed by atoms with van der Waals surface area (Å²) in [5, 5.41) is 14.9. The lowest BCUT2D eigenvalue weighted by Crippen LogP contribution is -2.48. The average molecular weight is 503 g/mol. The van der Waals surface area contributed by atoms with Crippen molar-refractivity contribution in [1.82, 2.24) is 15.0 Å². The van der Waals surface area contributed by atoms with Gasteiger partial charge in [-0.15, -0.1) is 11.3 Å². The summed E-state index contributed by atoms with van der Waals surface area (Å²) in [7, 11) is 0. The second kappa shape index (κ2) is 10.6. The van der Waals surface area contributed by atoms with Crippen molar-refractivity contribution >= 4 is 50.9 Å². The summed E-state index contributed by atoms with van der Waals surface area (Å²) < 4.78 is 4.74. The molecule has 1 aliphatic rings. The Hall–Kier alpha value is -3.24. The SMILES string of the molecule is N=C(N)c1cccc(CC(NSc2cccc(NC(=O)C3CNC3)c2)c2nc3ccccc3s2)c1. The lowest BCUT2D eigenvalue weighted by Gasteiger charge is -2.25. The molecule has 2 heterocycles. The van der Waals surface area contributed by atoms with Gasteiger partial charge in [0.05, 0.1) is 22.2 Å². The normalized spacial score (nSPS) is 14.4. The van der Waals surface area contributed by atoms with Crippen molar-refractivity contribution in [3.63, 3.8) is 0 Å². The van der Waals surface area contributed by atoms with Crippen LogP contribution in [0.2, 0.25) is 0 Å². The van der Waals surface area contributed by atoms with Gasteiger partial charge >= 0.3 is 0 Å². The molecule has 0 aliphatic carbocycles. The zero-order valence-electron chi connectivity index (χ0n) is 19.0. The maximum atomic E-state index is 12.3. The van der Waals surface area contributed by atoms with Gasteiger partial charge in [-0.3, -0.25) is 10.2 Å². The molecule has 9 heteroatoms. The summed E-state index contributed by atoms with van der Waals surface area (Å²) >= 11 is 3.20. The number of fused-ring (bicyclic) bond motifs is 1. The number of hydrogen-bond acceptors (Lipinski definition) is 7. The highest BCUT2D eigenvalue weighted by Crippen LogP contribution is 2.31. The third-order valence-corrected chi connectivity index (χ3v) is 7.90. The number of nitrogens with zero attached hydrogens (tertiary/aromatic N) is 1. The molecule has 1 aromatic heterocycles. The quantitative estimate of drug-likeness (QED) is 0.132. The number of carbonyl (C=O) groups is 1. The summed E-state index contributed by atoms with van der Waals surface area (Å²) in [6, 6.07) is 23.7. The lowest BCUT2D eigenvalue weighted by atomic mass is 10.0. The first-order chi connectivity index (χ1) is 17.0. The predicted molar refractivity (Wildman–Crippen MR) is 144 cm³/mol. The number of para-hydroxylation sites is 1. The number of amides is 1. The van der Waals surface area contributed by atoms with Crippen LogP contribution in [0.25, 0.3) is 10.2 Å². The van der Waals surface area contributed by atoms with E-state index in [4.69, 9.17) is 16.1 Å². The van der Waals surface area contributed by atoms with Crippen molar-refractivity contribution in [1.29, 1.82) is 5.41 Å². The smallest absolute Gasteiger partial charge is 0.230 e. The van der Waals surface area contributed by atoms with Crippen LogP contribution in [0, 0.1) is 11.3 Å². The number of benzene rings is 3. The molecule has 1 saturated heterocycles. The van der Waals surface area contributed by atoms with Crippen molar-refractivity contribution in [2.24, 2.45) is 11.7 Å². The van der Waals surface area contributed by atoms with Gasteiger partial charge in [-0.1, -0.05) is 36.4 Å². The molecular formula is C26H26N6OS2. The minimum absolute atomic E-state index is 0.0404. The largest absolute Gasteiger partial charge is 0.384 e. The average Bonchev–Trinajstić information content (AvgIpc) is 3.25. The molecule has 1 aliphatic heterocycles. The number of nitrogens with one attached hydrogen (secondary N) is 4. The number of hydrogen-bond donors (Lipinski definition) is 5. The van der Waals surface area contributed by atoms with E-state index in [0.29, 0.717) is 12.0 Å². The van der Waals surface area contributed by atoms with Crippen molar-refractivity contribution in [2.75, 3.05) is 18.4 Å². The van der Waals surface area contributed by atoms with Gasteiger partial charge in [-0.05, 0) is 60.3 Å². The Morgan fingerprint density at radius 2 is 1.97 bits per heavy atom. The van der Waals surface area contributed by atoms with E-state index in [2.05, 4.69) is 21.4 Å². The molecule has 0 spiro atoms. The highest BCUT2D eigenvalue weighted by atomic mass is 32.2. The maximum absolute atomic E-state index is 12.3. The second-order valence-electron chi connectivity index (χ2n) is 8.48. The van der Waals surface area contributed by atoms with Gasteiger partial charge in [0, 0.05) is 29.2 Å². The third kappa shape index (κ3) is 5.71. The monoisotopic (exact) mass is 502 g/mol. The minimum Gasteiger partial charge on any atom is -0.384 e. The Labute approximate surface area is 212 Å². The summed E-state index contributed by atoms with van der Waals surface area (Å²) in [4.78, 5) is 18.2. The number of aromatic nitrogens is 1. The molecule has 178 valence electrons. The number of nitrogen functional groups attached to an aromatic ring is 1. The van der Waals surface area contributed by atoms with E-state index in [1.807, 2.05) is 66.7 Å².